The van der Waals surface area contributed by atoms with Gasteiger partial charge in [-0.3, -0.25) is 0 Å². The fourth-order valence-electron chi connectivity index (χ4n) is 1.36. The number of nitrogens with zero attached hydrogens (tertiary/aromatic N) is 1. The van der Waals surface area contributed by atoms with Gasteiger partial charge < -0.3 is 5.11 Å². The van der Waals surface area contributed by atoms with Gasteiger partial charge in [-0.05, 0) is 24.6 Å². The van der Waals surface area contributed by atoms with Gasteiger partial charge in [-0.25, -0.2) is 9.78 Å². The predicted octanol–water partition coefficient (Wildman–Crippen LogP) is 3.47. The van der Waals surface area contributed by atoms with Gasteiger partial charge in [0, 0.05) is 10.6 Å². The zero-order valence-electron chi connectivity index (χ0n) is 8.40. The van der Waals surface area contributed by atoms with Gasteiger partial charge in [-0.2, -0.15) is 0 Å². The zero-order valence-corrected chi connectivity index (χ0v) is 9.97. The number of carboxylic acid groups (broad SMARTS) is 1. The largest absolute Gasteiger partial charge is 0.477 e. The van der Waals surface area contributed by atoms with Crippen molar-refractivity contribution in [1.82, 2.24) is 4.98 Å². The molecule has 0 spiro atoms. The molecule has 0 aliphatic heterocycles. The van der Waals surface area contributed by atoms with Crippen LogP contribution in [0.25, 0.3) is 10.6 Å². The lowest BCUT2D eigenvalue weighted by Gasteiger charge is -2.01. The first kappa shape index (κ1) is 11.1. The Balaban J connectivity index is 2.46. The number of aryl methyl sites for hydroxylation is 1. The molecule has 5 heteroatoms. The molecule has 0 saturated carbocycles. The maximum absolute atomic E-state index is 10.7. The second kappa shape index (κ2) is 4.23. The summed E-state index contributed by atoms with van der Waals surface area (Å²) in [7, 11) is 0. The highest BCUT2D eigenvalue weighted by Gasteiger charge is 2.11. The minimum Gasteiger partial charge on any atom is -0.477 e. The highest BCUT2D eigenvalue weighted by Crippen LogP contribution is 2.29. The van der Waals surface area contributed by atoms with Crippen molar-refractivity contribution in [3.05, 3.63) is 39.9 Å². The third-order valence-corrected chi connectivity index (χ3v) is 3.39. The van der Waals surface area contributed by atoms with Crippen LogP contribution >= 0.6 is 22.9 Å². The summed E-state index contributed by atoms with van der Waals surface area (Å²) in [5, 5.41) is 10.2. The SMILES string of the molecule is Cc1cc(Cl)ccc1-c1ncc(C(=O)O)s1. The molecule has 0 unspecified atom stereocenters. The van der Waals surface area contributed by atoms with Crippen molar-refractivity contribution in [1.29, 1.82) is 0 Å². The highest BCUT2D eigenvalue weighted by molar-refractivity contribution is 7.16. The summed E-state index contributed by atoms with van der Waals surface area (Å²) < 4.78 is 0. The minimum absolute atomic E-state index is 0.240. The van der Waals surface area contributed by atoms with Crippen LogP contribution in [0.1, 0.15) is 15.2 Å². The van der Waals surface area contributed by atoms with Gasteiger partial charge in [0.05, 0.1) is 6.20 Å². The number of benzene rings is 1. The molecule has 0 aliphatic carbocycles. The average Bonchev–Trinajstić information content (AvgIpc) is 2.66. The van der Waals surface area contributed by atoms with E-state index in [0.717, 1.165) is 22.5 Å². The average molecular weight is 254 g/mol. The van der Waals surface area contributed by atoms with Crippen LogP contribution in [0.5, 0.6) is 0 Å². The van der Waals surface area contributed by atoms with Crippen molar-refractivity contribution >= 4 is 28.9 Å². The van der Waals surface area contributed by atoms with Crippen LogP contribution in [0, 0.1) is 6.92 Å². The Morgan fingerprint density at radius 2 is 2.25 bits per heavy atom. The van der Waals surface area contributed by atoms with Crippen molar-refractivity contribution in [2.75, 3.05) is 0 Å². The van der Waals surface area contributed by atoms with Crippen LogP contribution in [-0.2, 0) is 0 Å². The molecule has 1 N–H and O–H groups in total. The zero-order chi connectivity index (χ0) is 11.7. The van der Waals surface area contributed by atoms with E-state index in [-0.39, 0.29) is 4.88 Å². The number of carbonyl (C=O) groups is 1. The topological polar surface area (TPSA) is 50.2 Å². The number of thiazole rings is 1. The van der Waals surface area contributed by atoms with Gasteiger partial charge >= 0.3 is 5.97 Å². The molecule has 2 rings (SSSR count). The summed E-state index contributed by atoms with van der Waals surface area (Å²) in [6.07, 6.45) is 1.37. The van der Waals surface area contributed by atoms with Gasteiger partial charge in [0.1, 0.15) is 9.88 Å². The maximum atomic E-state index is 10.7. The first-order valence-electron chi connectivity index (χ1n) is 4.53. The summed E-state index contributed by atoms with van der Waals surface area (Å²) in [5.74, 6) is -0.949. The van der Waals surface area contributed by atoms with E-state index in [1.165, 1.54) is 6.20 Å². The van der Waals surface area contributed by atoms with E-state index in [9.17, 15) is 4.79 Å². The van der Waals surface area contributed by atoms with Gasteiger partial charge in [-0.15, -0.1) is 11.3 Å². The fraction of sp³-hybridized carbons (Fsp3) is 0.0909. The molecule has 0 amide bonds. The van der Waals surface area contributed by atoms with E-state index >= 15 is 0 Å². The van der Waals surface area contributed by atoms with E-state index in [1.54, 1.807) is 6.07 Å². The van der Waals surface area contributed by atoms with E-state index < -0.39 is 5.97 Å². The van der Waals surface area contributed by atoms with Crippen molar-refractivity contribution in [3.63, 3.8) is 0 Å². The molecule has 1 aromatic heterocycles. The van der Waals surface area contributed by atoms with Gasteiger partial charge in [0.2, 0.25) is 0 Å². The predicted molar refractivity (Wildman–Crippen MR) is 64.3 cm³/mol. The molecule has 0 fully saturated rings. The number of carboxylic acids is 1. The lowest BCUT2D eigenvalue weighted by atomic mass is 10.1. The lowest BCUT2D eigenvalue weighted by Crippen LogP contribution is -1.89. The van der Waals surface area contributed by atoms with Crippen molar-refractivity contribution in [2.45, 2.75) is 6.92 Å². The van der Waals surface area contributed by atoms with E-state index in [4.69, 9.17) is 16.7 Å². The maximum Gasteiger partial charge on any atom is 0.347 e. The second-order valence-corrected chi connectivity index (χ2v) is 4.76. The first-order valence-corrected chi connectivity index (χ1v) is 5.73. The Hall–Kier alpha value is -1.39. The summed E-state index contributed by atoms with van der Waals surface area (Å²) in [6.45, 7) is 1.92. The summed E-state index contributed by atoms with van der Waals surface area (Å²) in [6, 6.07) is 5.45. The Morgan fingerprint density at radius 3 is 2.81 bits per heavy atom. The molecule has 0 atom stereocenters. The first-order chi connectivity index (χ1) is 7.58. The smallest absolute Gasteiger partial charge is 0.347 e. The van der Waals surface area contributed by atoms with Crippen LogP contribution in [0.15, 0.2) is 24.4 Å². The quantitative estimate of drug-likeness (QED) is 0.892. The molecule has 0 saturated heterocycles. The lowest BCUT2D eigenvalue weighted by molar-refractivity contribution is 0.0702. The number of halogens is 1. The van der Waals surface area contributed by atoms with E-state index in [1.807, 2.05) is 19.1 Å². The highest BCUT2D eigenvalue weighted by atomic mass is 35.5. The molecule has 82 valence electrons. The summed E-state index contributed by atoms with van der Waals surface area (Å²) in [5.41, 5.74) is 1.90. The number of aromatic carboxylic acids is 1. The van der Waals surface area contributed by atoms with Crippen LogP contribution < -0.4 is 0 Å². The Kier molecular flexibility index (Phi) is 2.94. The van der Waals surface area contributed by atoms with Crippen LogP contribution in [0.2, 0.25) is 5.02 Å². The molecular weight excluding hydrogens is 246 g/mol. The van der Waals surface area contributed by atoms with E-state index in [0.29, 0.717) is 10.0 Å². The number of aromatic nitrogens is 1. The van der Waals surface area contributed by atoms with Crippen LogP contribution in [0.4, 0.5) is 0 Å². The van der Waals surface area contributed by atoms with Gasteiger partial charge in [-0.1, -0.05) is 17.7 Å². The molecule has 1 aromatic carbocycles. The van der Waals surface area contributed by atoms with Crippen molar-refractivity contribution < 1.29 is 9.90 Å². The molecular formula is C11H8ClNO2S. The van der Waals surface area contributed by atoms with Crippen molar-refractivity contribution in [3.8, 4) is 10.6 Å². The Labute approximate surface area is 101 Å². The third kappa shape index (κ3) is 2.08. The van der Waals surface area contributed by atoms with Crippen molar-refractivity contribution in [2.24, 2.45) is 0 Å². The van der Waals surface area contributed by atoms with Crippen LogP contribution in [0.3, 0.4) is 0 Å². The fourth-order valence-corrected chi connectivity index (χ4v) is 2.44. The third-order valence-electron chi connectivity index (χ3n) is 2.14. The number of rotatable bonds is 2. The summed E-state index contributed by atoms with van der Waals surface area (Å²) in [4.78, 5) is 15.1. The molecule has 0 radical (unpaired) electrons. The van der Waals surface area contributed by atoms with Gasteiger partial charge in [0.15, 0.2) is 0 Å². The minimum atomic E-state index is -0.949. The molecule has 1 heterocycles. The van der Waals surface area contributed by atoms with E-state index in [2.05, 4.69) is 4.98 Å². The molecule has 0 aliphatic rings. The number of hydrogen-bond acceptors (Lipinski definition) is 3. The number of hydrogen-bond donors (Lipinski definition) is 1. The molecule has 0 bridgehead atoms. The summed E-state index contributed by atoms with van der Waals surface area (Å²) >= 11 is 7.01. The normalized spacial score (nSPS) is 10.4. The molecule has 2 aromatic rings. The second-order valence-electron chi connectivity index (χ2n) is 3.29. The van der Waals surface area contributed by atoms with Gasteiger partial charge in [0.25, 0.3) is 0 Å². The Bertz CT molecular complexity index is 551. The van der Waals surface area contributed by atoms with Crippen LogP contribution in [-0.4, -0.2) is 16.1 Å². The molecule has 3 nitrogen and oxygen atoms in total. The Morgan fingerprint density at radius 1 is 1.50 bits per heavy atom. The molecule has 16 heavy (non-hydrogen) atoms. The standard InChI is InChI=1S/C11H8ClNO2S/c1-6-4-7(12)2-3-8(6)10-13-5-9(16-10)11(14)15/h2-5H,1H3,(H,14,15). The monoisotopic (exact) mass is 253 g/mol.